The summed E-state index contributed by atoms with van der Waals surface area (Å²) < 4.78 is 24.5. The lowest BCUT2D eigenvalue weighted by molar-refractivity contribution is 0.145. The molecule has 14 heavy (non-hydrogen) atoms. The monoisotopic (exact) mass is 203 g/mol. The van der Waals surface area contributed by atoms with Gasteiger partial charge < -0.3 is 10.7 Å². The van der Waals surface area contributed by atoms with Gasteiger partial charge in [-0.1, -0.05) is 6.92 Å². The first kappa shape index (κ1) is 10.8. The van der Waals surface area contributed by atoms with E-state index in [1.54, 1.807) is 6.92 Å². The van der Waals surface area contributed by atoms with Crippen molar-refractivity contribution in [3.63, 3.8) is 0 Å². The fraction of sp³-hybridized carbons (Fsp3) is 0.500. The third kappa shape index (κ3) is 2.35. The van der Waals surface area contributed by atoms with Crippen LogP contribution in [0.3, 0.4) is 0 Å². The van der Waals surface area contributed by atoms with Crippen molar-refractivity contribution in [2.24, 2.45) is 5.73 Å². The Bertz CT molecular complexity index is 364. The van der Waals surface area contributed by atoms with Gasteiger partial charge in [-0.15, -0.1) is 0 Å². The van der Waals surface area contributed by atoms with Crippen LogP contribution >= 0.6 is 0 Å². The normalized spacial score (nSPS) is 13.2. The average Bonchev–Trinajstić information content (AvgIpc) is 2.15. The number of aromatic amines is 1. The van der Waals surface area contributed by atoms with Crippen LogP contribution in [0.4, 0.5) is 8.78 Å². The Kier molecular flexibility index (Phi) is 3.29. The van der Waals surface area contributed by atoms with Crippen LogP contribution in [0, 0.1) is 0 Å². The fourth-order valence-corrected chi connectivity index (χ4v) is 0.953. The number of aromatic nitrogens is 2. The minimum absolute atomic E-state index is 0.204. The summed E-state index contributed by atoms with van der Waals surface area (Å²) in [5.41, 5.74) is 4.24. The Hall–Kier alpha value is -1.30. The molecule has 0 aliphatic rings. The summed E-state index contributed by atoms with van der Waals surface area (Å²) in [7, 11) is 0. The summed E-state index contributed by atoms with van der Waals surface area (Å²) in [4.78, 5) is 17.0. The molecular formula is C8H11F2N3O. The second-order valence-electron chi connectivity index (χ2n) is 2.99. The average molecular weight is 203 g/mol. The van der Waals surface area contributed by atoms with Crippen molar-refractivity contribution >= 4 is 0 Å². The quantitative estimate of drug-likeness (QED) is 0.762. The molecule has 1 aromatic rings. The predicted molar refractivity (Wildman–Crippen MR) is 47.3 cm³/mol. The third-order valence-corrected chi connectivity index (χ3v) is 1.82. The van der Waals surface area contributed by atoms with Crippen molar-refractivity contribution in [2.45, 2.75) is 19.3 Å². The summed E-state index contributed by atoms with van der Waals surface area (Å²) >= 11 is 0. The van der Waals surface area contributed by atoms with Crippen molar-refractivity contribution in [3.05, 3.63) is 27.9 Å². The lowest BCUT2D eigenvalue weighted by atomic mass is 10.1. The largest absolute Gasteiger partial charge is 0.330 e. The lowest BCUT2D eigenvalue weighted by Gasteiger charge is -2.08. The Labute approximate surface area is 79.2 Å². The van der Waals surface area contributed by atoms with E-state index in [2.05, 4.69) is 9.97 Å². The maximum atomic E-state index is 12.2. The van der Waals surface area contributed by atoms with Gasteiger partial charge >= 0.3 is 0 Å². The summed E-state index contributed by atoms with van der Waals surface area (Å²) in [5.74, 6) is -0.0308. The van der Waals surface area contributed by atoms with Gasteiger partial charge in [-0.3, -0.25) is 4.79 Å². The molecule has 3 N–H and O–H groups in total. The van der Waals surface area contributed by atoms with E-state index in [9.17, 15) is 13.6 Å². The molecule has 0 aromatic carbocycles. The second kappa shape index (κ2) is 4.28. The number of rotatable bonds is 3. The molecule has 78 valence electrons. The third-order valence-electron chi connectivity index (χ3n) is 1.82. The minimum Gasteiger partial charge on any atom is -0.330 e. The van der Waals surface area contributed by atoms with E-state index in [1.165, 1.54) is 0 Å². The molecule has 0 amide bonds. The van der Waals surface area contributed by atoms with Gasteiger partial charge in [0.05, 0.1) is 0 Å². The Morgan fingerprint density at radius 1 is 1.64 bits per heavy atom. The molecule has 1 heterocycles. The van der Waals surface area contributed by atoms with Crippen LogP contribution < -0.4 is 11.3 Å². The Balaban J connectivity index is 3.13. The number of alkyl halides is 2. The molecule has 0 spiro atoms. The van der Waals surface area contributed by atoms with Gasteiger partial charge in [-0.2, -0.15) is 0 Å². The number of hydrogen-bond acceptors (Lipinski definition) is 3. The highest BCUT2D eigenvalue weighted by Crippen LogP contribution is 2.16. The zero-order chi connectivity index (χ0) is 10.7. The predicted octanol–water partition coefficient (Wildman–Crippen LogP) is 0.770. The number of halogens is 2. The molecule has 0 fully saturated rings. The maximum Gasteiger partial charge on any atom is 0.280 e. The van der Waals surface area contributed by atoms with E-state index in [4.69, 9.17) is 5.73 Å². The smallest absolute Gasteiger partial charge is 0.280 e. The van der Waals surface area contributed by atoms with E-state index in [-0.39, 0.29) is 18.3 Å². The van der Waals surface area contributed by atoms with Crippen LogP contribution in [-0.4, -0.2) is 16.5 Å². The molecule has 4 nitrogen and oxygen atoms in total. The van der Waals surface area contributed by atoms with Gasteiger partial charge in [-0.25, -0.2) is 13.8 Å². The molecule has 1 rings (SSSR count). The summed E-state index contributed by atoms with van der Waals surface area (Å²) in [6.45, 7) is 1.95. The summed E-state index contributed by atoms with van der Waals surface area (Å²) in [6.07, 6.45) is -2.74. The van der Waals surface area contributed by atoms with Crippen molar-refractivity contribution in [1.82, 2.24) is 9.97 Å². The molecule has 1 atom stereocenters. The van der Waals surface area contributed by atoms with Gasteiger partial charge in [0.1, 0.15) is 11.5 Å². The maximum absolute atomic E-state index is 12.2. The first-order chi connectivity index (χ1) is 6.54. The van der Waals surface area contributed by atoms with E-state index in [1.807, 2.05) is 0 Å². The molecule has 0 bridgehead atoms. The van der Waals surface area contributed by atoms with E-state index in [0.29, 0.717) is 0 Å². The van der Waals surface area contributed by atoms with Crippen LogP contribution in [0.1, 0.15) is 30.8 Å². The molecule has 0 aliphatic carbocycles. The number of H-pyrrole nitrogens is 1. The summed E-state index contributed by atoms with van der Waals surface area (Å²) in [5, 5.41) is 0. The highest BCUT2D eigenvalue weighted by atomic mass is 19.3. The topological polar surface area (TPSA) is 71.8 Å². The second-order valence-corrected chi connectivity index (χ2v) is 2.99. The minimum atomic E-state index is -2.74. The van der Waals surface area contributed by atoms with Gasteiger partial charge in [0.2, 0.25) is 0 Å². The molecule has 0 saturated heterocycles. The SMILES string of the molecule is CC(CN)c1nc(C(F)F)cc(=O)[nH]1. The fourth-order valence-electron chi connectivity index (χ4n) is 0.953. The van der Waals surface area contributed by atoms with Gasteiger partial charge in [0.25, 0.3) is 12.0 Å². The van der Waals surface area contributed by atoms with Crippen LogP contribution in [0.15, 0.2) is 10.9 Å². The molecule has 0 aliphatic heterocycles. The number of nitrogens with zero attached hydrogens (tertiary/aromatic N) is 1. The van der Waals surface area contributed by atoms with Crippen LogP contribution in [-0.2, 0) is 0 Å². The molecule has 6 heteroatoms. The highest BCUT2D eigenvalue weighted by Gasteiger charge is 2.13. The molecule has 1 unspecified atom stereocenters. The van der Waals surface area contributed by atoms with E-state index < -0.39 is 17.7 Å². The highest BCUT2D eigenvalue weighted by molar-refractivity contribution is 5.06. The molecule has 1 aromatic heterocycles. The number of nitrogens with one attached hydrogen (secondary N) is 1. The van der Waals surface area contributed by atoms with Crippen LogP contribution in [0.25, 0.3) is 0 Å². The number of hydrogen-bond donors (Lipinski definition) is 2. The van der Waals surface area contributed by atoms with Crippen molar-refractivity contribution < 1.29 is 8.78 Å². The van der Waals surface area contributed by atoms with Crippen molar-refractivity contribution in [3.8, 4) is 0 Å². The Morgan fingerprint density at radius 3 is 2.79 bits per heavy atom. The van der Waals surface area contributed by atoms with Gasteiger partial charge in [0.15, 0.2) is 0 Å². The Morgan fingerprint density at radius 2 is 2.29 bits per heavy atom. The summed E-state index contributed by atoms with van der Waals surface area (Å²) in [6, 6.07) is 0.789. The zero-order valence-electron chi connectivity index (χ0n) is 7.63. The molecule has 0 radical (unpaired) electrons. The standard InChI is InChI=1S/C8H11F2N3O/c1-4(3-11)8-12-5(7(9)10)2-6(14)13-8/h2,4,7H,3,11H2,1H3,(H,12,13,14). The zero-order valence-corrected chi connectivity index (χ0v) is 7.63. The number of nitrogens with two attached hydrogens (primary N) is 1. The van der Waals surface area contributed by atoms with Gasteiger partial charge in [-0.05, 0) is 0 Å². The van der Waals surface area contributed by atoms with E-state index in [0.717, 1.165) is 6.07 Å². The van der Waals surface area contributed by atoms with Crippen LogP contribution in [0.5, 0.6) is 0 Å². The van der Waals surface area contributed by atoms with Crippen molar-refractivity contribution in [2.75, 3.05) is 6.54 Å². The first-order valence-electron chi connectivity index (χ1n) is 4.14. The van der Waals surface area contributed by atoms with Gasteiger partial charge in [0, 0.05) is 18.5 Å². The van der Waals surface area contributed by atoms with Crippen LogP contribution in [0.2, 0.25) is 0 Å². The lowest BCUT2D eigenvalue weighted by Crippen LogP contribution is -2.19. The molecular weight excluding hydrogens is 192 g/mol. The van der Waals surface area contributed by atoms with E-state index >= 15 is 0 Å². The van der Waals surface area contributed by atoms with Crippen molar-refractivity contribution in [1.29, 1.82) is 0 Å². The first-order valence-corrected chi connectivity index (χ1v) is 4.14. The molecule has 0 saturated carbocycles.